The molecule has 0 spiro atoms. The topological polar surface area (TPSA) is 66.0 Å². The number of rotatable bonds is 8. The van der Waals surface area contributed by atoms with E-state index in [0.29, 0.717) is 32.1 Å². The number of hydrogen-bond acceptors (Lipinski definition) is 4. The van der Waals surface area contributed by atoms with Crippen molar-refractivity contribution in [2.45, 2.75) is 26.3 Å². The van der Waals surface area contributed by atoms with E-state index < -0.39 is 0 Å². The van der Waals surface area contributed by atoms with Gasteiger partial charge in [0.1, 0.15) is 12.4 Å². The van der Waals surface area contributed by atoms with E-state index in [4.69, 9.17) is 4.74 Å². The van der Waals surface area contributed by atoms with Crippen LogP contribution in [0.25, 0.3) is 0 Å². The Labute approximate surface area is 193 Å². The van der Waals surface area contributed by atoms with Gasteiger partial charge in [0.25, 0.3) is 0 Å². The first-order valence-corrected chi connectivity index (χ1v) is 10.7. The quantitative estimate of drug-likeness (QED) is 0.239. The maximum atomic E-state index is 12.5. The van der Waals surface area contributed by atoms with Crippen molar-refractivity contribution in [1.29, 1.82) is 0 Å². The van der Waals surface area contributed by atoms with Gasteiger partial charge in [-0.05, 0) is 42.5 Å². The molecule has 0 radical (unpaired) electrons. The minimum absolute atomic E-state index is 0. The standard InChI is InChI=1S/C21H28N4O2S.HI/c1-2-22-21(24-12-14-27-18-6-4-3-5-7-18)23-11-8-20(26)25-13-9-19-17(16-25)10-15-28-19;/h3-7,10,15H,2,8-9,11-14,16H2,1H3,(H2,22,23,24);1H. The van der Waals surface area contributed by atoms with E-state index in [1.54, 1.807) is 11.3 Å². The average molecular weight is 528 g/mol. The molecule has 3 rings (SSSR count). The molecule has 1 aliphatic heterocycles. The largest absolute Gasteiger partial charge is 0.492 e. The number of aliphatic imine (C=N–C) groups is 1. The zero-order chi connectivity index (χ0) is 19.6. The van der Waals surface area contributed by atoms with Crippen molar-refractivity contribution in [1.82, 2.24) is 15.5 Å². The van der Waals surface area contributed by atoms with E-state index in [2.05, 4.69) is 27.1 Å². The van der Waals surface area contributed by atoms with Crippen LogP contribution in [0.2, 0.25) is 0 Å². The van der Waals surface area contributed by atoms with Crippen molar-refractivity contribution < 1.29 is 9.53 Å². The summed E-state index contributed by atoms with van der Waals surface area (Å²) >= 11 is 1.79. The van der Waals surface area contributed by atoms with Gasteiger partial charge >= 0.3 is 0 Å². The highest BCUT2D eigenvalue weighted by molar-refractivity contribution is 14.0. The fourth-order valence-corrected chi connectivity index (χ4v) is 3.97. The lowest BCUT2D eigenvalue weighted by atomic mass is 10.1. The molecule has 1 aromatic heterocycles. The predicted molar refractivity (Wildman–Crippen MR) is 129 cm³/mol. The van der Waals surface area contributed by atoms with Gasteiger partial charge in [-0.2, -0.15) is 0 Å². The molecule has 2 heterocycles. The van der Waals surface area contributed by atoms with E-state index >= 15 is 0 Å². The summed E-state index contributed by atoms with van der Waals surface area (Å²) in [5.74, 6) is 1.74. The zero-order valence-electron chi connectivity index (χ0n) is 16.7. The number of benzene rings is 1. The average Bonchev–Trinajstić information content (AvgIpc) is 3.19. The first kappa shape index (κ1) is 23.5. The monoisotopic (exact) mass is 528 g/mol. The molecule has 1 aliphatic rings. The fraction of sp³-hybridized carbons (Fsp3) is 0.429. The van der Waals surface area contributed by atoms with Crippen LogP contribution in [0.3, 0.4) is 0 Å². The van der Waals surface area contributed by atoms with Crippen LogP contribution in [0.15, 0.2) is 46.8 Å². The number of fused-ring (bicyclic) bond motifs is 1. The van der Waals surface area contributed by atoms with Crippen molar-refractivity contribution in [2.24, 2.45) is 4.99 Å². The fourth-order valence-electron chi connectivity index (χ4n) is 3.08. The second-order valence-corrected chi connectivity index (χ2v) is 7.53. The number of guanidine groups is 1. The number of carbonyl (C=O) groups excluding carboxylic acids is 1. The number of ether oxygens (including phenoxy) is 1. The number of hydrogen-bond donors (Lipinski definition) is 2. The Bertz CT molecular complexity index is 782. The molecule has 0 fully saturated rings. The van der Waals surface area contributed by atoms with Gasteiger partial charge in [0.2, 0.25) is 5.91 Å². The van der Waals surface area contributed by atoms with Crippen LogP contribution in [-0.2, 0) is 17.8 Å². The molecule has 6 nitrogen and oxygen atoms in total. The van der Waals surface area contributed by atoms with Crippen LogP contribution < -0.4 is 15.4 Å². The van der Waals surface area contributed by atoms with E-state index in [1.165, 1.54) is 10.4 Å². The van der Waals surface area contributed by atoms with Gasteiger partial charge in [0.15, 0.2) is 5.96 Å². The number of nitrogens with one attached hydrogen (secondary N) is 2. The van der Waals surface area contributed by atoms with Crippen LogP contribution in [-0.4, -0.2) is 49.6 Å². The summed E-state index contributed by atoms with van der Waals surface area (Å²) in [6, 6.07) is 11.9. The van der Waals surface area contributed by atoms with E-state index in [9.17, 15) is 4.79 Å². The second kappa shape index (κ2) is 12.7. The van der Waals surface area contributed by atoms with Crippen LogP contribution in [0.5, 0.6) is 5.75 Å². The van der Waals surface area contributed by atoms with E-state index in [-0.39, 0.29) is 29.9 Å². The van der Waals surface area contributed by atoms with Crippen molar-refractivity contribution in [2.75, 3.05) is 32.8 Å². The Morgan fingerprint density at radius 1 is 1.24 bits per heavy atom. The number of para-hydroxylation sites is 1. The molecule has 1 aromatic carbocycles. The summed E-state index contributed by atoms with van der Waals surface area (Å²) < 4.78 is 5.67. The van der Waals surface area contributed by atoms with E-state index in [0.717, 1.165) is 31.8 Å². The van der Waals surface area contributed by atoms with Crippen LogP contribution in [0, 0.1) is 0 Å². The molecule has 2 aromatic rings. The lowest BCUT2D eigenvalue weighted by molar-refractivity contribution is -0.131. The molecule has 1 amide bonds. The van der Waals surface area contributed by atoms with Crippen molar-refractivity contribution in [3.05, 3.63) is 52.2 Å². The Balaban J connectivity index is 0.00000300. The molecule has 158 valence electrons. The number of halogens is 1. The zero-order valence-corrected chi connectivity index (χ0v) is 19.9. The van der Waals surface area contributed by atoms with Crippen LogP contribution in [0.1, 0.15) is 23.8 Å². The predicted octanol–water partition coefficient (Wildman–Crippen LogP) is 3.28. The van der Waals surface area contributed by atoms with Crippen LogP contribution >= 0.6 is 35.3 Å². The molecule has 0 aliphatic carbocycles. The Morgan fingerprint density at radius 3 is 2.86 bits per heavy atom. The third-order valence-electron chi connectivity index (χ3n) is 4.51. The highest BCUT2D eigenvalue weighted by atomic mass is 127. The third-order valence-corrected chi connectivity index (χ3v) is 5.53. The van der Waals surface area contributed by atoms with Gasteiger partial charge in [-0.3, -0.25) is 9.79 Å². The number of amides is 1. The molecule has 0 saturated carbocycles. The molecule has 0 bridgehead atoms. The van der Waals surface area contributed by atoms with Gasteiger partial charge in [-0.25, -0.2) is 0 Å². The van der Waals surface area contributed by atoms with Crippen molar-refractivity contribution >= 4 is 47.2 Å². The summed E-state index contributed by atoms with van der Waals surface area (Å²) in [5, 5.41) is 8.56. The first-order valence-electron chi connectivity index (χ1n) is 9.79. The van der Waals surface area contributed by atoms with Gasteiger partial charge in [-0.15, -0.1) is 35.3 Å². The summed E-state index contributed by atoms with van der Waals surface area (Å²) in [6.07, 6.45) is 1.39. The van der Waals surface area contributed by atoms with Gasteiger partial charge in [0, 0.05) is 30.9 Å². The highest BCUT2D eigenvalue weighted by Crippen LogP contribution is 2.24. The molecule has 8 heteroatoms. The summed E-state index contributed by atoms with van der Waals surface area (Å²) in [6.45, 7) is 6.00. The third kappa shape index (κ3) is 7.50. The Kier molecular flexibility index (Phi) is 10.3. The minimum atomic E-state index is 0. The highest BCUT2D eigenvalue weighted by Gasteiger charge is 2.20. The van der Waals surface area contributed by atoms with Gasteiger partial charge in [-0.1, -0.05) is 18.2 Å². The number of thiophene rings is 1. The molecule has 0 unspecified atom stereocenters. The van der Waals surface area contributed by atoms with Gasteiger partial charge in [0.05, 0.1) is 13.1 Å². The summed E-state index contributed by atoms with van der Waals surface area (Å²) in [5.41, 5.74) is 1.29. The van der Waals surface area contributed by atoms with Crippen molar-refractivity contribution in [3.63, 3.8) is 0 Å². The number of carbonyl (C=O) groups is 1. The maximum absolute atomic E-state index is 12.5. The second-order valence-electron chi connectivity index (χ2n) is 6.53. The smallest absolute Gasteiger partial charge is 0.224 e. The number of nitrogens with zero attached hydrogens (tertiary/aromatic N) is 2. The van der Waals surface area contributed by atoms with Crippen molar-refractivity contribution in [3.8, 4) is 5.75 Å². The lowest BCUT2D eigenvalue weighted by Gasteiger charge is -2.26. The molecular weight excluding hydrogens is 499 g/mol. The molecule has 0 saturated heterocycles. The Hall–Kier alpha value is -1.81. The minimum Gasteiger partial charge on any atom is -0.492 e. The first-order chi connectivity index (χ1) is 13.8. The molecule has 0 atom stereocenters. The molecular formula is C21H29IN4O2S. The lowest BCUT2D eigenvalue weighted by Crippen LogP contribution is -2.40. The van der Waals surface area contributed by atoms with Crippen LogP contribution in [0.4, 0.5) is 0 Å². The Morgan fingerprint density at radius 2 is 2.07 bits per heavy atom. The van der Waals surface area contributed by atoms with E-state index in [1.807, 2.05) is 42.2 Å². The SMILES string of the molecule is CCNC(=NCCC(=O)N1CCc2sccc2C1)NCCOc1ccccc1.I. The molecule has 2 N–H and O–H groups in total. The summed E-state index contributed by atoms with van der Waals surface area (Å²) in [4.78, 5) is 20.4. The van der Waals surface area contributed by atoms with Gasteiger partial charge < -0.3 is 20.3 Å². The maximum Gasteiger partial charge on any atom is 0.224 e. The molecule has 29 heavy (non-hydrogen) atoms. The summed E-state index contributed by atoms with van der Waals surface area (Å²) in [7, 11) is 0. The normalized spacial score (nSPS) is 13.3.